The average Bonchev–Trinajstić information content (AvgIpc) is 3.18. The Morgan fingerprint density at radius 2 is 2.30 bits per heavy atom. The lowest BCUT2D eigenvalue weighted by Gasteiger charge is -2.16. The van der Waals surface area contributed by atoms with Gasteiger partial charge >= 0.3 is 0 Å². The molecule has 0 spiro atoms. The molecule has 0 saturated carbocycles. The number of aromatic nitrogens is 4. The number of pyridine rings is 1. The van der Waals surface area contributed by atoms with Gasteiger partial charge in [0.05, 0.1) is 18.6 Å². The van der Waals surface area contributed by atoms with E-state index in [-0.39, 0.29) is 23.1 Å². The zero-order chi connectivity index (χ0) is 19.0. The highest BCUT2D eigenvalue weighted by molar-refractivity contribution is 6.11. The van der Waals surface area contributed by atoms with E-state index in [4.69, 9.17) is 10.5 Å². The van der Waals surface area contributed by atoms with Crippen LogP contribution < -0.4 is 15.8 Å². The van der Waals surface area contributed by atoms with Crippen molar-refractivity contribution in [1.82, 2.24) is 24.5 Å². The normalized spacial score (nSPS) is 17.3. The van der Waals surface area contributed by atoms with Crippen molar-refractivity contribution in [3.05, 3.63) is 42.2 Å². The molecular formula is C17H18FN7O2. The molecule has 140 valence electrons. The van der Waals surface area contributed by atoms with Crippen LogP contribution in [0.3, 0.4) is 0 Å². The number of anilines is 2. The SMILES string of the molecule is CN1CC[C@H](Oc2ccncc2NC(=O)c2c(N)nn3cc(F)cnc23)C1. The summed E-state index contributed by atoms with van der Waals surface area (Å²) in [7, 11) is 2.03. The molecule has 1 atom stereocenters. The summed E-state index contributed by atoms with van der Waals surface area (Å²) in [5.74, 6) is -0.633. The first-order valence-electron chi connectivity index (χ1n) is 8.41. The van der Waals surface area contributed by atoms with E-state index in [1.165, 1.54) is 6.20 Å². The highest BCUT2D eigenvalue weighted by atomic mass is 19.1. The van der Waals surface area contributed by atoms with E-state index >= 15 is 0 Å². The zero-order valence-electron chi connectivity index (χ0n) is 14.6. The van der Waals surface area contributed by atoms with Crippen molar-refractivity contribution in [3.63, 3.8) is 0 Å². The van der Waals surface area contributed by atoms with Crippen LogP contribution in [-0.4, -0.2) is 56.6 Å². The van der Waals surface area contributed by atoms with Crippen molar-refractivity contribution < 1.29 is 13.9 Å². The number of hydrogen-bond donors (Lipinski definition) is 2. The number of carbonyl (C=O) groups is 1. The van der Waals surface area contributed by atoms with E-state index in [2.05, 4.69) is 25.3 Å². The summed E-state index contributed by atoms with van der Waals surface area (Å²) in [4.78, 5) is 22.9. The lowest BCUT2D eigenvalue weighted by atomic mass is 10.2. The van der Waals surface area contributed by atoms with Crippen molar-refractivity contribution in [3.8, 4) is 5.75 Å². The number of nitrogen functional groups attached to an aromatic ring is 1. The Morgan fingerprint density at radius 3 is 3.07 bits per heavy atom. The molecule has 1 fully saturated rings. The molecule has 0 aromatic carbocycles. The summed E-state index contributed by atoms with van der Waals surface area (Å²) in [5.41, 5.74) is 6.47. The van der Waals surface area contributed by atoms with E-state index in [0.29, 0.717) is 11.4 Å². The largest absolute Gasteiger partial charge is 0.487 e. The Bertz CT molecular complexity index is 1010. The van der Waals surface area contributed by atoms with Crippen molar-refractivity contribution >= 4 is 23.1 Å². The maximum Gasteiger partial charge on any atom is 0.263 e. The topological polar surface area (TPSA) is 111 Å². The van der Waals surface area contributed by atoms with Gasteiger partial charge in [0.25, 0.3) is 5.91 Å². The average molecular weight is 371 g/mol. The quantitative estimate of drug-likeness (QED) is 0.708. The van der Waals surface area contributed by atoms with Crippen LogP contribution in [0.5, 0.6) is 5.75 Å². The molecule has 0 bridgehead atoms. The Kier molecular flexibility index (Phi) is 4.32. The number of rotatable bonds is 4. The molecule has 10 heteroatoms. The molecular weight excluding hydrogens is 353 g/mol. The fourth-order valence-corrected chi connectivity index (χ4v) is 3.08. The van der Waals surface area contributed by atoms with Gasteiger partial charge in [-0.25, -0.2) is 13.9 Å². The van der Waals surface area contributed by atoms with Gasteiger partial charge in [0.1, 0.15) is 23.1 Å². The predicted octanol–water partition coefficient (Wildman–Crippen LogP) is 1.18. The van der Waals surface area contributed by atoms with Crippen LogP contribution in [-0.2, 0) is 0 Å². The molecule has 4 heterocycles. The number of fused-ring (bicyclic) bond motifs is 1. The molecule has 0 aliphatic carbocycles. The maximum atomic E-state index is 13.3. The maximum absolute atomic E-state index is 13.3. The smallest absolute Gasteiger partial charge is 0.263 e. The third kappa shape index (κ3) is 3.38. The molecule has 3 aromatic rings. The van der Waals surface area contributed by atoms with E-state index < -0.39 is 11.7 Å². The fourth-order valence-electron chi connectivity index (χ4n) is 3.08. The minimum atomic E-state index is -0.582. The Balaban J connectivity index is 1.60. The Hall–Kier alpha value is -3.27. The van der Waals surface area contributed by atoms with Crippen LogP contribution in [0.15, 0.2) is 30.9 Å². The summed E-state index contributed by atoms with van der Waals surface area (Å²) in [6.45, 7) is 1.77. The molecule has 0 radical (unpaired) electrons. The van der Waals surface area contributed by atoms with Crippen molar-refractivity contribution in [2.45, 2.75) is 12.5 Å². The number of likely N-dealkylation sites (N-methyl/N-ethyl adjacent to an activating group) is 1. The van der Waals surface area contributed by atoms with Gasteiger partial charge in [0.2, 0.25) is 0 Å². The van der Waals surface area contributed by atoms with E-state index in [9.17, 15) is 9.18 Å². The molecule has 1 aliphatic rings. The second kappa shape index (κ2) is 6.80. The number of nitrogens with one attached hydrogen (secondary N) is 1. The van der Waals surface area contributed by atoms with E-state index in [0.717, 1.165) is 36.4 Å². The summed E-state index contributed by atoms with van der Waals surface area (Å²) < 4.78 is 20.5. The van der Waals surface area contributed by atoms with Gasteiger partial charge in [0.15, 0.2) is 17.3 Å². The summed E-state index contributed by atoms with van der Waals surface area (Å²) >= 11 is 0. The van der Waals surface area contributed by atoms with Crippen LogP contribution >= 0.6 is 0 Å². The second-order valence-corrected chi connectivity index (χ2v) is 6.42. The summed E-state index contributed by atoms with van der Waals surface area (Å²) in [6, 6.07) is 1.70. The van der Waals surface area contributed by atoms with Gasteiger partial charge in [-0.1, -0.05) is 0 Å². The van der Waals surface area contributed by atoms with Crippen molar-refractivity contribution in [1.29, 1.82) is 0 Å². The Labute approximate surface area is 154 Å². The standard InChI is InChI=1S/C17H18FN7O2/c1-24-5-3-11(9-24)27-13-2-4-20-7-12(13)22-17(26)14-15(19)23-25-8-10(18)6-21-16(14)25/h2,4,6-8,11H,3,5,9H2,1H3,(H2,19,23)(H,22,26)/t11-/m0/s1. The predicted molar refractivity (Wildman–Crippen MR) is 96.1 cm³/mol. The second-order valence-electron chi connectivity index (χ2n) is 6.42. The number of nitrogens with zero attached hydrogens (tertiary/aromatic N) is 5. The number of amides is 1. The van der Waals surface area contributed by atoms with E-state index in [1.54, 1.807) is 12.3 Å². The number of nitrogens with two attached hydrogens (primary N) is 1. The molecule has 1 aliphatic heterocycles. The fraction of sp³-hybridized carbons (Fsp3) is 0.294. The molecule has 1 saturated heterocycles. The van der Waals surface area contributed by atoms with Crippen LogP contribution in [0.25, 0.3) is 5.65 Å². The monoisotopic (exact) mass is 371 g/mol. The first-order valence-corrected chi connectivity index (χ1v) is 8.41. The molecule has 3 N–H and O–H groups in total. The molecule has 0 unspecified atom stereocenters. The van der Waals surface area contributed by atoms with Gasteiger partial charge in [-0.3, -0.25) is 9.78 Å². The number of carbonyl (C=O) groups excluding carboxylic acids is 1. The first-order chi connectivity index (χ1) is 13.0. The van der Waals surface area contributed by atoms with Crippen molar-refractivity contribution in [2.75, 3.05) is 31.2 Å². The van der Waals surface area contributed by atoms with Gasteiger partial charge in [0, 0.05) is 25.4 Å². The summed E-state index contributed by atoms with van der Waals surface area (Å²) in [6.07, 6.45) is 6.15. The first kappa shape index (κ1) is 17.2. The number of likely N-dealkylation sites (tertiary alicyclic amines) is 1. The van der Waals surface area contributed by atoms with E-state index in [1.807, 2.05) is 7.05 Å². The van der Waals surface area contributed by atoms with Gasteiger partial charge in [-0.2, -0.15) is 0 Å². The van der Waals surface area contributed by atoms with Gasteiger partial charge < -0.3 is 20.7 Å². The molecule has 3 aromatic heterocycles. The molecule has 1 amide bonds. The van der Waals surface area contributed by atoms with Crippen LogP contribution in [0.4, 0.5) is 15.9 Å². The third-order valence-corrected chi connectivity index (χ3v) is 4.37. The number of hydrogen-bond acceptors (Lipinski definition) is 7. The molecule has 4 rings (SSSR count). The minimum Gasteiger partial charge on any atom is -0.487 e. The lowest BCUT2D eigenvalue weighted by Crippen LogP contribution is -2.22. The van der Waals surface area contributed by atoms with Gasteiger partial charge in [-0.15, -0.1) is 5.10 Å². The third-order valence-electron chi connectivity index (χ3n) is 4.37. The Morgan fingerprint density at radius 1 is 1.44 bits per heavy atom. The van der Waals surface area contributed by atoms with Gasteiger partial charge in [-0.05, 0) is 13.5 Å². The molecule has 9 nitrogen and oxygen atoms in total. The summed E-state index contributed by atoms with van der Waals surface area (Å²) in [5, 5.41) is 6.67. The highest BCUT2D eigenvalue weighted by Crippen LogP contribution is 2.27. The zero-order valence-corrected chi connectivity index (χ0v) is 14.6. The van der Waals surface area contributed by atoms with Crippen LogP contribution in [0.2, 0.25) is 0 Å². The van der Waals surface area contributed by atoms with Crippen molar-refractivity contribution in [2.24, 2.45) is 0 Å². The number of ether oxygens (including phenoxy) is 1. The molecule has 27 heavy (non-hydrogen) atoms. The van der Waals surface area contributed by atoms with Crippen LogP contribution in [0.1, 0.15) is 16.8 Å². The number of halogens is 1. The van der Waals surface area contributed by atoms with Crippen LogP contribution in [0, 0.1) is 5.82 Å². The highest BCUT2D eigenvalue weighted by Gasteiger charge is 2.24. The lowest BCUT2D eigenvalue weighted by molar-refractivity contribution is 0.102. The minimum absolute atomic E-state index is 0.0414.